The van der Waals surface area contributed by atoms with Crippen LogP contribution >= 0.6 is 0 Å². The number of aryl methyl sites for hydroxylation is 1. The number of aromatic amines is 2. The molecule has 0 fully saturated rings. The van der Waals surface area contributed by atoms with Crippen LogP contribution in [-0.4, -0.2) is 45.1 Å². The van der Waals surface area contributed by atoms with Gasteiger partial charge in [-0.15, -0.1) is 0 Å². The van der Waals surface area contributed by atoms with E-state index in [9.17, 15) is 9.59 Å². The van der Waals surface area contributed by atoms with E-state index in [1.54, 1.807) is 0 Å². The van der Waals surface area contributed by atoms with E-state index in [0.717, 1.165) is 18.8 Å². The summed E-state index contributed by atoms with van der Waals surface area (Å²) in [7, 11) is 3.95. The third-order valence-electron chi connectivity index (χ3n) is 2.93. The fraction of sp³-hybridized carbons (Fsp3) is 0.583. The lowest BCUT2D eigenvalue weighted by atomic mass is 10.4. The molecule has 0 amide bonds. The predicted molar refractivity (Wildman–Crippen MR) is 73.5 cm³/mol. The zero-order valence-electron chi connectivity index (χ0n) is 11.5. The van der Waals surface area contributed by atoms with Crippen molar-refractivity contribution >= 4 is 11.2 Å². The molecule has 0 radical (unpaired) electrons. The van der Waals surface area contributed by atoms with Crippen LogP contribution < -0.4 is 11.2 Å². The molecule has 7 nitrogen and oxygen atoms in total. The van der Waals surface area contributed by atoms with E-state index in [1.165, 1.54) is 4.57 Å². The van der Waals surface area contributed by atoms with Crippen LogP contribution in [0.2, 0.25) is 0 Å². The van der Waals surface area contributed by atoms with Crippen molar-refractivity contribution in [1.29, 1.82) is 0 Å². The number of nitrogens with one attached hydrogen (secondary N) is 2. The zero-order valence-corrected chi connectivity index (χ0v) is 11.5. The van der Waals surface area contributed by atoms with Gasteiger partial charge in [0.05, 0.1) is 0 Å². The Morgan fingerprint density at radius 1 is 1.26 bits per heavy atom. The quantitative estimate of drug-likeness (QED) is 0.792. The van der Waals surface area contributed by atoms with Gasteiger partial charge < -0.3 is 9.88 Å². The first kappa shape index (κ1) is 13.5. The predicted octanol–water partition coefficient (Wildman–Crippen LogP) is -0.0730. The number of H-pyrrole nitrogens is 2. The van der Waals surface area contributed by atoms with Gasteiger partial charge >= 0.3 is 5.69 Å². The summed E-state index contributed by atoms with van der Waals surface area (Å²) in [6.45, 7) is 3.35. The molecule has 0 spiro atoms. The number of hydrogen-bond donors (Lipinski definition) is 2. The van der Waals surface area contributed by atoms with E-state index in [4.69, 9.17) is 0 Å². The van der Waals surface area contributed by atoms with Crippen LogP contribution in [0.3, 0.4) is 0 Å². The molecule has 0 saturated heterocycles. The van der Waals surface area contributed by atoms with Crippen molar-refractivity contribution < 1.29 is 0 Å². The highest BCUT2D eigenvalue weighted by atomic mass is 16.2. The lowest BCUT2D eigenvalue weighted by molar-refractivity contribution is 0.410. The Morgan fingerprint density at radius 3 is 2.63 bits per heavy atom. The zero-order chi connectivity index (χ0) is 14.0. The van der Waals surface area contributed by atoms with Crippen LogP contribution in [0.1, 0.15) is 19.2 Å². The second-order valence-electron chi connectivity index (χ2n) is 4.85. The molecular weight excluding hydrogens is 246 g/mol. The number of fused-ring (bicyclic) bond motifs is 1. The minimum absolute atomic E-state index is 0.377. The molecule has 0 aliphatic carbocycles. The lowest BCUT2D eigenvalue weighted by Crippen LogP contribution is -2.30. The summed E-state index contributed by atoms with van der Waals surface area (Å²) in [4.78, 5) is 35.3. The van der Waals surface area contributed by atoms with Gasteiger partial charge in [0.2, 0.25) is 0 Å². The molecule has 7 heteroatoms. The van der Waals surface area contributed by atoms with Crippen LogP contribution in [0.5, 0.6) is 0 Å². The Hall–Kier alpha value is -1.89. The molecule has 0 aliphatic rings. The summed E-state index contributed by atoms with van der Waals surface area (Å²) in [5, 5.41) is 0. The van der Waals surface area contributed by atoms with Crippen molar-refractivity contribution in [2.24, 2.45) is 0 Å². The largest absolute Gasteiger partial charge is 0.336 e. The smallest absolute Gasteiger partial charge is 0.330 e. The summed E-state index contributed by atoms with van der Waals surface area (Å²) < 4.78 is 1.51. The average molecular weight is 265 g/mol. The van der Waals surface area contributed by atoms with E-state index >= 15 is 0 Å². The van der Waals surface area contributed by atoms with Crippen LogP contribution in [0.25, 0.3) is 11.2 Å². The van der Waals surface area contributed by atoms with Gasteiger partial charge in [-0.05, 0) is 20.5 Å². The van der Waals surface area contributed by atoms with Crippen LogP contribution in [0.15, 0.2) is 9.59 Å². The third-order valence-corrected chi connectivity index (χ3v) is 2.93. The number of likely N-dealkylation sites (N-methyl/N-ethyl adjacent to an activating group) is 1. The van der Waals surface area contributed by atoms with Gasteiger partial charge in [0.15, 0.2) is 5.65 Å². The van der Waals surface area contributed by atoms with Crippen LogP contribution in [0, 0.1) is 0 Å². The average Bonchev–Trinajstić information content (AvgIpc) is 2.76. The summed E-state index contributed by atoms with van der Waals surface area (Å²) in [6, 6.07) is 0. The second-order valence-corrected chi connectivity index (χ2v) is 4.85. The summed E-state index contributed by atoms with van der Waals surface area (Å²) >= 11 is 0. The van der Waals surface area contributed by atoms with Gasteiger partial charge in [0.1, 0.15) is 11.3 Å². The van der Waals surface area contributed by atoms with Crippen molar-refractivity contribution in [1.82, 2.24) is 24.4 Å². The highest BCUT2D eigenvalue weighted by molar-refractivity contribution is 5.69. The maximum absolute atomic E-state index is 11.8. The van der Waals surface area contributed by atoms with Crippen LogP contribution in [0.4, 0.5) is 0 Å². The number of hydrogen-bond acceptors (Lipinski definition) is 4. The Morgan fingerprint density at radius 2 is 2.00 bits per heavy atom. The molecule has 2 N–H and O–H groups in total. The van der Waals surface area contributed by atoms with E-state index in [1.807, 2.05) is 25.9 Å². The molecule has 2 aromatic heterocycles. The Balaban J connectivity index is 2.51. The van der Waals surface area contributed by atoms with Crippen molar-refractivity contribution in [3.8, 4) is 0 Å². The van der Waals surface area contributed by atoms with Crippen molar-refractivity contribution in [3.05, 3.63) is 26.7 Å². The minimum Gasteiger partial charge on any atom is -0.336 e. The fourth-order valence-corrected chi connectivity index (χ4v) is 1.97. The molecule has 19 heavy (non-hydrogen) atoms. The van der Waals surface area contributed by atoms with Gasteiger partial charge in [0, 0.05) is 19.5 Å². The first-order valence-electron chi connectivity index (χ1n) is 6.39. The maximum atomic E-state index is 11.8. The fourth-order valence-electron chi connectivity index (χ4n) is 1.97. The minimum atomic E-state index is -0.407. The molecule has 0 aromatic carbocycles. The molecule has 2 aromatic rings. The number of rotatable bonds is 5. The van der Waals surface area contributed by atoms with Crippen molar-refractivity contribution in [2.75, 3.05) is 20.6 Å². The van der Waals surface area contributed by atoms with Gasteiger partial charge in [0.25, 0.3) is 5.56 Å². The highest BCUT2D eigenvalue weighted by Crippen LogP contribution is 2.06. The van der Waals surface area contributed by atoms with E-state index < -0.39 is 11.2 Å². The number of imidazole rings is 1. The molecule has 104 valence electrons. The summed E-state index contributed by atoms with van der Waals surface area (Å²) in [5.41, 5.74) is 0.0205. The molecule has 0 saturated carbocycles. The topological polar surface area (TPSA) is 86.8 Å². The van der Waals surface area contributed by atoms with Gasteiger partial charge in [-0.3, -0.25) is 14.3 Å². The second kappa shape index (κ2) is 5.40. The lowest BCUT2D eigenvalue weighted by Gasteiger charge is -2.06. The Bertz CT molecular complexity index is 679. The number of aromatic nitrogens is 4. The molecule has 0 unspecified atom stereocenters. The maximum Gasteiger partial charge on any atom is 0.330 e. The van der Waals surface area contributed by atoms with Gasteiger partial charge in [-0.1, -0.05) is 6.92 Å². The molecule has 0 atom stereocenters. The molecule has 2 heterocycles. The van der Waals surface area contributed by atoms with E-state index in [2.05, 4.69) is 15.0 Å². The Labute approximate surface area is 110 Å². The van der Waals surface area contributed by atoms with E-state index in [-0.39, 0.29) is 0 Å². The SMILES string of the molecule is CCCn1c(=O)[nH]c(=O)c2[nH]c(CCN(C)C)nc21. The van der Waals surface area contributed by atoms with Crippen molar-refractivity contribution in [2.45, 2.75) is 26.3 Å². The normalized spacial score (nSPS) is 11.6. The van der Waals surface area contributed by atoms with E-state index in [0.29, 0.717) is 24.1 Å². The summed E-state index contributed by atoms with van der Waals surface area (Å²) in [5.74, 6) is 0.727. The van der Waals surface area contributed by atoms with Gasteiger partial charge in [-0.2, -0.15) is 0 Å². The standard InChI is InChI=1S/C12H19N5O2/c1-4-6-17-10-9(11(18)15-12(17)19)13-8(14-10)5-7-16(2)3/h4-7H2,1-3H3,(H,13,14)(H,15,18,19). The summed E-state index contributed by atoms with van der Waals surface area (Å²) in [6.07, 6.45) is 1.52. The number of nitrogens with zero attached hydrogens (tertiary/aromatic N) is 3. The monoisotopic (exact) mass is 265 g/mol. The van der Waals surface area contributed by atoms with Crippen molar-refractivity contribution in [3.63, 3.8) is 0 Å². The first-order chi connectivity index (χ1) is 9.02. The molecular formula is C12H19N5O2. The molecule has 2 rings (SSSR count). The highest BCUT2D eigenvalue weighted by Gasteiger charge is 2.12. The third kappa shape index (κ3) is 2.76. The first-order valence-corrected chi connectivity index (χ1v) is 6.39. The molecule has 0 bridgehead atoms. The Kier molecular flexibility index (Phi) is 3.84. The van der Waals surface area contributed by atoms with Crippen LogP contribution in [-0.2, 0) is 13.0 Å². The molecule has 0 aliphatic heterocycles. The van der Waals surface area contributed by atoms with Gasteiger partial charge in [-0.25, -0.2) is 9.78 Å².